The molecule has 2 rings (SSSR count). The number of fused-ring (bicyclic) bond motifs is 1. The molecule has 5 heteroatoms. The lowest BCUT2D eigenvalue weighted by Crippen LogP contribution is -2.31. The molecule has 0 saturated heterocycles. The molecule has 0 aliphatic carbocycles. The molecular formula is C14H17F2NO2. The van der Waals surface area contributed by atoms with E-state index < -0.39 is 17.6 Å². The molecule has 1 aliphatic heterocycles. The molecule has 1 aliphatic rings. The van der Waals surface area contributed by atoms with Crippen molar-refractivity contribution in [2.75, 3.05) is 18.0 Å². The Morgan fingerprint density at radius 3 is 2.84 bits per heavy atom. The third-order valence-corrected chi connectivity index (χ3v) is 3.37. The van der Waals surface area contributed by atoms with Crippen molar-refractivity contribution in [2.24, 2.45) is 0 Å². The monoisotopic (exact) mass is 269 g/mol. The van der Waals surface area contributed by atoms with Gasteiger partial charge in [-0.3, -0.25) is 4.79 Å². The Kier molecular flexibility index (Phi) is 4.35. The summed E-state index contributed by atoms with van der Waals surface area (Å²) < 4.78 is 27.0. The van der Waals surface area contributed by atoms with E-state index in [4.69, 9.17) is 5.11 Å². The summed E-state index contributed by atoms with van der Waals surface area (Å²) in [6.45, 7) is 1.35. The van der Waals surface area contributed by atoms with Gasteiger partial charge in [-0.2, -0.15) is 0 Å². The molecule has 0 bridgehead atoms. The highest BCUT2D eigenvalue weighted by atomic mass is 19.1. The summed E-state index contributed by atoms with van der Waals surface area (Å²) in [6, 6.07) is 2.30. The van der Waals surface area contributed by atoms with Gasteiger partial charge in [0.1, 0.15) is 11.6 Å². The van der Waals surface area contributed by atoms with Crippen LogP contribution in [0.5, 0.6) is 0 Å². The third kappa shape index (κ3) is 3.43. The van der Waals surface area contributed by atoms with E-state index in [1.807, 2.05) is 4.90 Å². The van der Waals surface area contributed by atoms with Gasteiger partial charge in [-0.05, 0) is 37.3 Å². The minimum atomic E-state index is -0.813. The lowest BCUT2D eigenvalue weighted by Gasteiger charge is -2.31. The lowest BCUT2D eigenvalue weighted by molar-refractivity contribution is -0.137. The quantitative estimate of drug-likeness (QED) is 0.835. The Morgan fingerprint density at radius 2 is 2.11 bits per heavy atom. The van der Waals surface area contributed by atoms with Crippen molar-refractivity contribution in [3.63, 3.8) is 0 Å². The van der Waals surface area contributed by atoms with Crippen molar-refractivity contribution in [1.29, 1.82) is 0 Å². The Bertz CT molecular complexity index is 477. The van der Waals surface area contributed by atoms with Crippen LogP contribution in [0.15, 0.2) is 12.1 Å². The van der Waals surface area contributed by atoms with Crippen molar-refractivity contribution in [1.82, 2.24) is 0 Å². The van der Waals surface area contributed by atoms with Crippen LogP contribution in [-0.4, -0.2) is 24.2 Å². The van der Waals surface area contributed by atoms with Gasteiger partial charge in [-0.15, -0.1) is 0 Å². The van der Waals surface area contributed by atoms with Crippen LogP contribution in [0, 0.1) is 11.6 Å². The van der Waals surface area contributed by atoms with Gasteiger partial charge in [-0.25, -0.2) is 8.78 Å². The van der Waals surface area contributed by atoms with E-state index in [9.17, 15) is 13.6 Å². The van der Waals surface area contributed by atoms with E-state index >= 15 is 0 Å². The summed E-state index contributed by atoms with van der Waals surface area (Å²) in [5.74, 6) is -1.87. The summed E-state index contributed by atoms with van der Waals surface area (Å²) >= 11 is 0. The van der Waals surface area contributed by atoms with E-state index in [0.717, 1.165) is 19.0 Å². The molecule has 1 aromatic carbocycles. The molecule has 0 spiro atoms. The molecule has 0 saturated carbocycles. The van der Waals surface area contributed by atoms with E-state index in [-0.39, 0.29) is 6.42 Å². The molecule has 0 atom stereocenters. The van der Waals surface area contributed by atoms with Crippen LogP contribution in [0.4, 0.5) is 14.5 Å². The molecule has 1 N–H and O–H groups in total. The predicted octanol–water partition coefficient (Wildman–Crippen LogP) is 2.97. The number of rotatable bonds is 5. The van der Waals surface area contributed by atoms with Crippen LogP contribution in [-0.2, 0) is 11.2 Å². The van der Waals surface area contributed by atoms with Crippen molar-refractivity contribution in [3.05, 3.63) is 29.3 Å². The number of halogens is 2. The normalized spacial score (nSPS) is 14.3. The zero-order valence-corrected chi connectivity index (χ0v) is 10.7. The Hall–Kier alpha value is -1.65. The molecule has 0 unspecified atom stereocenters. The average Bonchev–Trinajstić information content (AvgIpc) is 2.33. The van der Waals surface area contributed by atoms with Gasteiger partial charge in [0.2, 0.25) is 0 Å². The number of nitrogens with zero attached hydrogens (tertiary/aromatic N) is 1. The van der Waals surface area contributed by atoms with Gasteiger partial charge in [-0.1, -0.05) is 0 Å². The lowest BCUT2D eigenvalue weighted by atomic mass is 10.0. The summed E-state index contributed by atoms with van der Waals surface area (Å²) in [6.07, 6.45) is 2.96. The Labute approximate surface area is 110 Å². The second-order valence-corrected chi connectivity index (χ2v) is 4.84. The first-order valence-electron chi connectivity index (χ1n) is 6.52. The van der Waals surface area contributed by atoms with E-state index in [0.29, 0.717) is 37.1 Å². The number of anilines is 1. The molecule has 1 heterocycles. The van der Waals surface area contributed by atoms with Crippen molar-refractivity contribution >= 4 is 11.7 Å². The highest BCUT2D eigenvalue weighted by molar-refractivity contribution is 5.66. The van der Waals surface area contributed by atoms with Gasteiger partial charge in [0, 0.05) is 25.6 Å². The maximum absolute atomic E-state index is 13.8. The fourth-order valence-corrected chi connectivity index (χ4v) is 2.54. The van der Waals surface area contributed by atoms with Crippen LogP contribution in [0.2, 0.25) is 0 Å². The number of benzene rings is 1. The first kappa shape index (κ1) is 13.8. The second-order valence-electron chi connectivity index (χ2n) is 4.84. The maximum Gasteiger partial charge on any atom is 0.303 e. The van der Waals surface area contributed by atoms with E-state index in [1.54, 1.807) is 0 Å². The minimum Gasteiger partial charge on any atom is -0.481 e. The molecule has 0 amide bonds. The molecule has 104 valence electrons. The van der Waals surface area contributed by atoms with Crippen LogP contribution >= 0.6 is 0 Å². The fraction of sp³-hybridized carbons (Fsp3) is 0.500. The number of hydrogen-bond acceptors (Lipinski definition) is 2. The molecular weight excluding hydrogens is 252 g/mol. The van der Waals surface area contributed by atoms with Gasteiger partial charge < -0.3 is 10.0 Å². The standard InChI is InChI=1S/C14H17F2NO2/c15-11-8-10-4-3-7-17(14(10)12(16)9-11)6-2-1-5-13(18)19/h8-9H,1-7H2,(H,18,19). The molecule has 0 radical (unpaired) electrons. The summed E-state index contributed by atoms with van der Waals surface area (Å²) in [4.78, 5) is 12.3. The SMILES string of the molecule is O=C(O)CCCCN1CCCc2cc(F)cc(F)c21. The summed E-state index contributed by atoms with van der Waals surface area (Å²) in [5.41, 5.74) is 1.20. The smallest absolute Gasteiger partial charge is 0.303 e. The molecule has 1 aromatic rings. The van der Waals surface area contributed by atoms with E-state index in [2.05, 4.69) is 0 Å². The average molecular weight is 269 g/mol. The predicted molar refractivity (Wildman–Crippen MR) is 68.4 cm³/mol. The van der Waals surface area contributed by atoms with Gasteiger partial charge >= 0.3 is 5.97 Å². The number of carbonyl (C=O) groups is 1. The first-order valence-corrected chi connectivity index (χ1v) is 6.52. The van der Waals surface area contributed by atoms with Crippen molar-refractivity contribution < 1.29 is 18.7 Å². The summed E-state index contributed by atoms with van der Waals surface area (Å²) in [5, 5.41) is 8.57. The molecule has 19 heavy (non-hydrogen) atoms. The van der Waals surface area contributed by atoms with Gasteiger partial charge in [0.15, 0.2) is 0 Å². The number of carboxylic acids is 1. The van der Waals surface area contributed by atoms with Crippen molar-refractivity contribution in [3.8, 4) is 0 Å². The molecule has 0 fully saturated rings. The number of aryl methyl sites for hydroxylation is 1. The largest absolute Gasteiger partial charge is 0.481 e. The molecule has 0 aromatic heterocycles. The maximum atomic E-state index is 13.8. The number of aliphatic carboxylic acids is 1. The van der Waals surface area contributed by atoms with Crippen LogP contribution < -0.4 is 4.90 Å². The zero-order valence-electron chi connectivity index (χ0n) is 10.7. The van der Waals surface area contributed by atoms with Crippen LogP contribution in [0.3, 0.4) is 0 Å². The van der Waals surface area contributed by atoms with Crippen molar-refractivity contribution in [2.45, 2.75) is 32.1 Å². The van der Waals surface area contributed by atoms with E-state index in [1.165, 1.54) is 6.07 Å². The van der Waals surface area contributed by atoms with Crippen LogP contribution in [0.1, 0.15) is 31.2 Å². The number of carboxylic acid groups (broad SMARTS) is 1. The van der Waals surface area contributed by atoms with Gasteiger partial charge in [0.05, 0.1) is 5.69 Å². The van der Waals surface area contributed by atoms with Crippen LogP contribution in [0.25, 0.3) is 0 Å². The Balaban J connectivity index is 2.03. The van der Waals surface area contributed by atoms with Gasteiger partial charge in [0.25, 0.3) is 0 Å². The zero-order chi connectivity index (χ0) is 13.8. The number of unbranched alkanes of at least 4 members (excludes halogenated alkanes) is 1. The highest BCUT2D eigenvalue weighted by Crippen LogP contribution is 2.31. The summed E-state index contributed by atoms with van der Waals surface area (Å²) in [7, 11) is 0. The Morgan fingerprint density at radius 1 is 1.32 bits per heavy atom. The number of hydrogen-bond donors (Lipinski definition) is 1. The second kappa shape index (κ2) is 5.99. The fourth-order valence-electron chi connectivity index (χ4n) is 2.54. The topological polar surface area (TPSA) is 40.5 Å². The minimum absolute atomic E-state index is 0.132. The molecule has 3 nitrogen and oxygen atoms in total. The third-order valence-electron chi connectivity index (χ3n) is 3.37. The first-order chi connectivity index (χ1) is 9.08. The highest BCUT2D eigenvalue weighted by Gasteiger charge is 2.21.